The fourth-order valence-corrected chi connectivity index (χ4v) is 2.29. The maximum absolute atomic E-state index is 12.2. The first-order valence-corrected chi connectivity index (χ1v) is 7.76. The van der Waals surface area contributed by atoms with Crippen LogP contribution < -0.4 is 5.32 Å². The number of nitrogens with one attached hydrogen (secondary N) is 1. The van der Waals surface area contributed by atoms with Crippen molar-refractivity contribution in [3.8, 4) is 17.1 Å². The molecule has 6 heteroatoms. The molecule has 122 valence electrons. The summed E-state index contributed by atoms with van der Waals surface area (Å²) in [5.41, 5.74) is 1.71. The number of hydrogen-bond donors (Lipinski definition) is 2. The summed E-state index contributed by atoms with van der Waals surface area (Å²) in [5, 5.41) is 15.9. The van der Waals surface area contributed by atoms with Crippen molar-refractivity contribution in [2.75, 3.05) is 13.2 Å². The second kappa shape index (κ2) is 7.52. The van der Waals surface area contributed by atoms with Crippen LogP contribution in [0.5, 0.6) is 0 Å². The summed E-state index contributed by atoms with van der Waals surface area (Å²) in [6, 6.07) is 19.2. The summed E-state index contributed by atoms with van der Waals surface area (Å²) in [7, 11) is 0. The summed E-state index contributed by atoms with van der Waals surface area (Å²) < 4.78 is 1.66. The molecule has 0 spiro atoms. The Balaban J connectivity index is 1.99. The largest absolute Gasteiger partial charge is 0.396 e. The van der Waals surface area contributed by atoms with Crippen LogP contribution in [-0.2, 0) is 0 Å². The molecule has 1 amide bonds. The van der Waals surface area contributed by atoms with E-state index in [0.717, 1.165) is 11.3 Å². The second-order valence-electron chi connectivity index (χ2n) is 5.21. The van der Waals surface area contributed by atoms with Crippen LogP contribution in [0.25, 0.3) is 17.1 Å². The van der Waals surface area contributed by atoms with Crippen molar-refractivity contribution < 1.29 is 9.90 Å². The average molecular weight is 322 g/mol. The number of aromatic nitrogens is 3. The van der Waals surface area contributed by atoms with Gasteiger partial charge in [-0.05, 0) is 18.6 Å². The Bertz CT molecular complexity index is 743. The lowest BCUT2D eigenvalue weighted by Crippen LogP contribution is -2.26. The van der Waals surface area contributed by atoms with Gasteiger partial charge in [0.25, 0.3) is 5.91 Å². The van der Waals surface area contributed by atoms with Gasteiger partial charge in [-0.1, -0.05) is 48.5 Å². The number of carbonyl (C=O) groups is 1. The van der Waals surface area contributed by atoms with Crippen LogP contribution in [0.3, 0.4) is 0 Å². The minimum absolute atomic E-state index is 0.0292. The number of hydrogen-bond acceptors (Lipinski definition) is 4. The lowest BCUT2D eigenvalue weighted by molar-refractivity contribution is 0.0941. The molecule has 0 radical (unpaired) electrons. The van der Waals surface area contributed by atoms with Gasteiger partial charge in [0.15, 0.2) is 5.82 Å². The van der Waals surface area contributed by atoms with Gasteiger partial charge in [0, 0.05) is 18.7 Å². The van der Waals surface area contributed by atoms with Gasteiger partial charge in [0.1, 0.15) is 0 Å². The number of para-hydroxylation sites is 1. The smallest absolute Gasteiger partial charge is 0.290 e. The first kappa shape index (κ1) is 15.9. The van der Waals surface area contributed by atoms with Gasteiger partial charge >= 0.3 is 0 Å². The van der Waals surface area contributed by atoms with Gasteiger partial charge in [-0.3, -0.25) is 4.79 Å². The van der Waals surface area contributed by atoms with E-state index in [2.05, 4.69) is 15.4 Å². The summed E-state index contributed by atoms with van der Waals surface area (Å²) in [6.07, 6.45) is 0.497. The van der Waals surface area contributed by atoms with E-state index in [1.165, 1.54) is 0 Å². The van der Waals surface area contributed by atoms with Crippen molar-refractivity contribution in [2.45, 2.75) is 6.42 Å². The fourth-order valence-electron chi connectivity index (χ4n) is 2.29. The van der Waals surface area contributed by atoms with Gasteiger partial charge in [-0.15, -0.1) is 5.10 Å². The lowest BCUT2D eigenvalue weighted by atomic mass is 10.2. The van der Waals surface area contributed by atoms with Gasteiger partial charge in [0.05, 0.1) is 5.69 Å². The van der Waals surface area contributed by atoms with Gasteiger partial charge < -0.3 is 10.4 Å². The van der Waals surface area contributed by atoms with E-state index in [9.17, 15) is 4.79 Å². The van der Waals surface area contributed by atoms with Crippen LogP contribution in [0.2, 0.25) is 0 Å². The maximum atomic E-state index is 12.2. The van der Waals surface area contributed by atoms with Crippen molar-refractivity contribution in [1.82, 2.24) is 20.1 Å². The number of aliphatic hydroxyl groups excluding tert-OH is 1. The third kappa shape index (κ3) is 3.49. The highest BCUT2D eigenvalue weighted by Gasteiger charge is 2.18. The molecular formula is C18H18N4O2. The quantitative estimate of drug-likeness (QED) is 0.681. The van der Waals surface area contributed by atoms with Gasteiger partial charge in [0.2, 0.25) is 5.82 Å². The van der Waals surface area contributed by atoms with Crippen molar-refractivity contribution in [2.24, 2.45) is 0 Å². The molecule has 3 aromatic rings. The Morgan fingerprint density at radius 3 is 2.38 bits per heavy atom. The molecule has 1 heterocycles. The minimum Gasteiger partial charge on any atom is -0.396 e. The van der Waals surface area contributed by atoms with Crippen LogP contribution in [0.4, 0.5) is 0 Å². The van der Waals surface area contributed by atoms with E-state index < -0.39 is 0 Å². The third-order valence-electron chi connectivity index (χ3n) is 3.46. The van der Waals surface area contributed by atoms with Crippen LogP contribution in [-0.4, -0.2) is 38.9 Å². The maximum Gasteiger partial charge on any atom is 0.290 e. The SMILES string of the molecule is O=C(NCCCO)c1nc(-c2ccccc2)n(-c2ccccc2)n1. The Labute approximate surface area is 139 Å². The molecular weight excluding hydrogens is 304 g/mol. The number of nitrogens with zero attached hydrogens (tertiary/aromatic N) is 3. The Morgan fingerprint density at radius 2 is 1.71 bits per heavy atom. The number of aliphatic hydroxyl groups is 1. The zero-order chi connectivity index (χ0) is 16.8. The van der Waals surface area contributed by atoms with E-state index in [4.69, 9.17) is 5.11 Å². The summed E-state index contributed by atoms with van der Waals surface area (Å²) >= 11 is 0. The zero-order valence-corrected chi connectivity index (χ0v) is 13.1. The van der Waals surface area contributed by atoms with E-state index in [1.54, 1.807) is 4.68 Å². The average Bonchev–Trinajstić information content (AvgIpc) is 3.09. The van der Waals surface area contributed by atoms with Crippen LogP contribution in [0.1, 0.15) is 17.0 Å². The standard InChI is InChI=1S/C18H18N4O2/c23-13-7-12-19-18(24)16-20-17(14-8-3-1-4-9-14)22(21-16)15-10-5-2-6-11-15/h1-6,8-11,23H,7,12-13H2,(H,19,24). The molecule has 0 atom stereocenters. The first-order chi connectivity index (χ1) is 11.8. The summed E-state index contributed by atoms with van der Waals surface area (Å²) in [4.78, 5) is 16.6. The van der Waals surface area contributed by atoms with E-state index in [1.807, 2.05) is 60.7 Å². The zero-order valence-electron chi connectivity index (χ0n) is 13.1. The fraction of sp³-hybridized carbons (Fsp3) is 0.167. The van der Waals surface area contributed by atoms with E-state index >= 15 is 0 Å². The van der Waals surface area contributed by atoms with E-state index in [0.29, 0.717) is 18.8 Å². The molecule has 0 aliphatic carbocycles. The van der Waals surface area contributed by atoms with Crippen LogP contribution in [0.15, 0.2) is 60.7 Å². The molecule has 24 heavy (non-hydrogen) atoms. The van der Waals surface area contributed by atoms with Crippen molar-refractivity contribution in [3.63, 3.8) is 0 Å². The topological polar surface area (TPSA) is 80.0 Å². The predicted octanol–water partition coefficient (Wildman–Crippen LogP) is 2.05. The second-order valence-corrected chi connectivity index (χ2v) is 5.21. The monoisotopic (exact) mass is 322 g/mol. The van der Waals surface area contributed by atoms with Gasteiger partial charge in [-0.25, -0.2) is 9.67 Å². The molecule has 2 N–H and O–H groups in total. The molecule has 2 aromatic carbocycles. The summed E-state index contributed by atoms with van der Waals surface area (Å²) in [5.74, 6) is 0.361. The Kier molecular flexibility index (Phi) is 4.98. The number of amides is 1. The van der Waals surface area contributed by atoms with Crippen LogP contribution >= 0.6 is 0 Å². The number of rotatable bonds is 6. The molecule has 0 saturated heterocycles. The molecule has 1 aromatic heterocycles. The highest BCUT2D eigenvalue weighted by Crippen LogP contribution is 2.20. The molecule has 0 aliphatic heterocycles. The van der Waals surface area contributed by atoms with Gasteiger partial charge in [-0.2, -0.15) is 0 Å². The highest BCUT2D eigenvalue weighted by molar-refractivity contribution is 5.91. The van der Waals surface area contributed by atoms with Crippen molar-refractivity contribution in [1.29, 1.82) is 0 Å². The van der Waals surface area contributed by atoms with Crippen LogP contribution in [0, 0.1) is 0 Å². The molecule has 0 aliphatic rings. The van der Waals surface area contributed by atoms with Crippen molar-refractivity contribution in [3.05, 3.63) is 66.5 Å². The summed E-state index contributed by atoms with van der Waals surface area (Å²) in [6.45, 7) is 0.414. The normalized spacial score (nSPS) is 10.5. The molecule has 0 fully saturated rings. The third-order valence-corrected chi connectivity index (χ3v) is 3.46. The first-order valence-electron chi connectivity index (χ1n) is 7.76. The molecule has 6 nitrogen and oxygen atoms in total. The predicted molar refractivity (Wildman–Crippen MR) is 90.8 cm³/mol. The molecule has 0 bridgehead atoms. The molecule has 0 saturated carbocycles. The molecule has 0 unspecified atom stereocenters. The number of carbonyl (C=O) groups excluding carboxylic acids is 1. The van der Waals surface area contributed by atoms with E-state index in [-0.39, 0.29) is 18.3 Å². The molecule has 3 rings (SSSR count). The lowest BCUT2D eigenvalue weighted by Gasteiger charge is -2.05. The highest BCUT2D eigenvalue weighted by atomic mass is 16.3. The Morgan fingerprint density at radius 1 is 1.04 bits per heavy atom. The van der Waals surface area contributed by atoms with Crippen molar-refractivity contribution >= 4 is 5.91 Å². The Hall–Kier alpha value is -2.99. The minimum atomic E-state index is -0.352. The number of benzene rings is 2.